The standard InChI is InChI=1S/C19H16Cl2N2O4/c1-4-7-27-18-14(20)8-12(9-15(18)21)11-22-23-19(24)13-5-6-16(25-2)17(10-13)26-3/h1,5-6,8-11H,7H2,2-3H3,(H,23,24)/b22-11+. The van der Waals surface area contributed by atoms with Crippen molar-refractivity contribution in [2.75, 3.05) is 20.8 Å². The Morgan fingerprint density at radius 3 is 2.44 bits per heavy atom. The van der Waals surface area contributed by atoms with Crippen LogP contribution in [0.3, 0.4) is 0 Å². The molecule has 140 valence electrons. The maximum absolute atomic E-state index is 12.2. The number of nitrogens with one attached hydrogen (secondary N) is 1. The van der Waals surface area contributed by atoms with Crippen molar-refractivity contribution in [3.05, 3.63) is 51.5 Å². The molecule has 0 radical (unpaired) electrons. The Labute approximate surface area is 167 Å². The first kappa shape index (κ1) is 20.4. The van der Waals surface area contributed by atoms with Gasteiger partial charge in [0.05, 0.1) is 30.5 Å². The molecule has 0 fully saturated rings. The summed E-state index contributed by atoms with van der Waals surface area (Å²) in [7, 11) is 3.00. The number of benzene rings is 2. The molecule has 0 aliphatic carbocycles. The highest BCUT2D eigenvalue weighted by Gasteiger charge is 2.11. The second-order valence-corrected chi connectivity index (χ2v) is 5.89. The van der Waals surface area contributed by atoms with E-state index in [0.717, 1.165) is 0 Å². The van der Waals surface area contributed by atoms with Crippen molar-refractivity contribution < 1.29 is 19.0 Å². The van der Waals surface area contributed by atoms with Gasteiger partial charge < -0.3 is 14.2 Å². The highest BCUT2D eigenvalue weighted by molar-refractivity contribution is 6.37. The monoisotopic (exact) mass is 406 g/mol. The molecule has 2 aromatic rings. The molecule has 0 aromatic heterocycles. The molecular formula is C19H16Cl2N2O4. The number of terminal acetylenes is 1. The summed E-state index contributed by atoms with van der Waals surface area (Å²) in [5.74, 6) is 3.17. The summed E-state index contributed by atoms with van der Waals surface area (Å²) in [5, 5.41) is 4.47. The van der Waals surface area contributed by atoms with Crippen LogP contribution in [0.15, 0.2) is 35.4 Å². The summed E-state index contributed by atoms with van der Waals surface area (Å²) in [4.78, 5) is 12.2. The zero-order valence-electron chi connectivity index (χ0n) is 14.6. The third-order valence-electron chi connectivity index (χ3n) is 3.35. The molecule has 0 saturated carbocycles. The number of ether oxygens (including phenoxy) is 3. The van der Waals surface area contributed by atoms with Crippen LogP contribution < -0.4 is 19.6 Å². The van der Waals surface area contributed by atoms with Crippen molar-refractivity contribution in [3.8, 4) is 29.6 Å². The Bertz CT molecular complexity index is 884. The highest BCUT2D eigenvalue weighted by atomic mass is 35.5. The second kappa shape index (κ2) is 9.72. The fraction of sp³-hybridized carbons (Fsp3) is 0.158. The van der Waals surface area contributed by atoms with E-state index in [9.17, 15) is 4.79 Å². The minimum atomic E-state index is -0.418. The van der Waals surface area contributed by atoms with E-state index in [2.05, 4.69) is 16.4 Å². The van der Waals surface area contributed by atoms with Gasteiger partial charge in [-0.15, -0.1) is 6.42 Å². The van der Waals surface area contributed by atoms with Crippen molar-refractivity contribution in [2.24, 2.45) is 5.10 Å². The molecular weight excluding hydrogens is 391 g/mol. The van der Waals surface area contributed by atoms with Crippen LogP contribution in [0, 0.1) is 12.3 Å². The first-order valence-electron chi connectivity index (χ1n) is 7.61. The number of nitrogens with zero attached hydrogens (tertiary/aromatic N) is 1. The third kappa shape index (κ3) is 5.30. The van der Waals surface area contributed by atoms with E-state index >= 15 is 0 Å². The van der Waals surface area contributed by atoms with Crippen LogP contribution in [0.2, 0.25) is 10.0 Å². The molecule has 0 heterocycles. The van der Waals surface area contributed by atoms with Gasteiger partial charge in [0, 0.05) is 5.56 Å². The number of hydrogen-bond donors (Lipinski definition) is 1. The predicted octanol–water partition coefficient (Wildman–Crippen LogP) is 3.79. The van der Waals surface area contributed by atoms with E-state index < -0.39 is 5.91 Å². The lowest BCUT2D eigenvalue weighted by atomic mass is 10.2. The minimum Gasteiger partial charge on any atom is -0.493 e. The summed E-state index contributed by atoms with van der Waals surface area (Å²) in [6, 6.07) is 7.95. The molecule has 2 rings (SSSR count). The van der Waals surface area contributed by atoms with Crippen molar-refractivity contribution >= 4 is 35.3 Å². The van der Waals surface area contributed by atoms with E-state index in [1.165, 1.54) is 20.4 Å². The van der Waals surface area contributed by atoms with Gasteiger partial charge in [0.15, 0.2) is 17.2 Å². The largest absolute Gasteiger partial charge is 0.493 e. The molecule has 0 aliphatic rings. The molecule has 8 heteroatoms. The zero-order valence-corrected chi connectivity index (χ0v) is 16.1. The second-order valence-electron chi connectivity index (χ2n) is 5.08. The smallest absolute Gasteiger partial charge is 0.271 e. The predicted molar refractivity (Wildman–Crippen MR) is 105 cm³/mol. The topological polar surface area (TPSA) is 69.2 Å². The fourth-order valence-corrected chi connectivity index (χ4v) is 2.73. The van der Waals surface area contributed by atoms with Crippen LogP contribution in [0.4, 0.5) is 0 Å². The number of rotatable bonds is 7. The molecule has 0 saturated heterocycles. The van der Waals surface area contributed by atoms with Gasteiger partial charge in [-0.1, -0.05) is 29.1 Å². The minimum absolute atomic E-state index is 0.0499. The number of amides is 1. The van der Waals surface area contributed by atoms with Crippen LogP contribution >= 0.6 is 23.2 Å². The normalized spacial score (nSPS) is 10.3. The molecule has 1 amide bonds. The zero-order chi connectivity index (χ0) is 19.8. The highest BCUT2D eigenvalue weighted by Crippen LogP contribution is 2.33. The summed E-state index contributed by atoms with van der Waals surface area (Å²) < 4.78 is 15.6. The Kier molecular flexibility index (Phi) is 7.35. The van der Waals surface area contributed by atoms with Gasteiger partial charge in [0.2, 0.25) is 0 Å². The van der Waals surface area contributed by atoms with Crippen LogP contribution in [0.1, 0.15) is 15.9 Å². The quantitative estimate of drug-likeness (QED) is 0.431. The van der Waals surface area contributed by atoms with E-state index in [-0.39, 0.29) is 16.7 Å². The summed E-state index contributed by atoms with van der Waals surface area (Å²) in [5.41, 5.74) is 3.35. The summed E-state index contributed by atoms with van der Waals surface area (Å²) in [6.45, 7) is 0.0499. The molecule has 1 N–H and O–H groups in total. The van der Waals surface area contributed by atoms with Crippen molar-refractivity contribution in [1.29, 1.82) is 0 Å². The number of hydrazone groups is 1. The molecule has 0 aliphatic heterocycles. The Balaban J connectivity index is 2.09. The number of carbonyl (C=O) groups is 1. The first-order valence-corrected chi connectivity index (χ1v) is 8.36. The summed E-state index contributed by atoms with van der Waals surface area (Å²) in [6.07, 6.45) is 6.55. The Hall–Kier alpha value is -2.88. The third-order valence-corrected chi connectivity index (χ3v) is 3.91. The maximum atomic E-state index is 12.2. The van der Waals surface area contributed by atoms with Crippen LogP contribution in [-0.4, -0.2) is 32.9 Å². The van der Waals surface area contributed by atoms with Gasteiger partial charge in [0.1, 0.15) is 6.61 Å². The van der Waals surface area contributed by atoms with Crippen molar-refractivity contribution in [2.45, 2.75) is 0 Å². The molecule has 0 unspecified atom stereocenters. The van der Waals surface area contributed by atoms with Crippen molar-refractivity contribution in [1.82, 2.24) is 5.43 Å². The molecule has 2 aromatic carbocycles. The lowest BCUT2D eigenvalue weighted by molar-refractivity contribution is 0.0954. The molecule has 0 bridgehead atoms. The van der Waals surface area contributed by atoms with Crippen LogP contribution in [0.5, 0.6) is 17.2 Å². The van der Waals surface area contributed by atoms with Gasteiger partial charge in [-0.3, -0.25) is 4.79 Å². The van der Waals surface area contributed by atoms with Gasteiger partial charge in [-0.25, -0.2) is 5.43 Å². The van der Waals surface area contributed by atoms with E-state index in [1.807, 2.05) is 0 Å². The maximum Gasteiger partial charge on any atom is 0.271 e. The molecule has 6 nitrogen and oxygen atoms in total. The van der Waals surface area contributed by atoms with E-state index in [1.54, 1.807) is 30.3 Å². The average molecular weight is 407 g/mol. The number of halogens is 2. The Morgan fingerprint density at radius 2 is 1.85 bits per heavy atom. The first-order chi connectivity index (χ1) is 13.0. The van der Waals surface area contributed by atoms with Crippen LogP contribution in [0.25, 0.3) is 0 Å². The Morgan fingerprint density at radius 1 is 1.19 bits per heavy atom. The van der Waals surface area contributed by atoms with Crippen LogP contribution in [-0.2, 0) is 0 Å². The molecule has 27 heavy (non-hydrogen) atoms. The number of hydrogen-bond acceptors (Lipinski definition) is 5. The van der Waals surface area contributed by atoms with Gasteiger partial charge >= 0.3 is 0 Å². The summed E-state index contributed by atoms with van der Waals surface area (Å²) >= 11 is 12.2. The van der Waals surface area contributed by atoms with Gasteiger partial charge in [0.25, 0.3) is 5.91 Å². The lowest BCUT2D eigenvalue weighted by Crippen LogP contribution is -2.17. The van der Waals surface area contributed by atoms with Crippen molar-refractivity contribution in [3.63, 3.8) is 0 Å². The van der Waals surface area contributed by atoms with Gasteiger partial charge in [-0.05, 0) is 35.9 Å². The van der Waals surface area contributed by atoms with E-state index in [4.69, 9.17) is 43.8 Å². The average Bonchev–Trinajstić information content (AvgIpc) is 2.66. The molecule has 0 atom stereocenters. The van der Waals surface area contributed by atoms with E-state index in [0.29, 0.717) is 28.4 Å². The van der Waals surface area contributed by atoms with Gasteiger partial charge in [-0.2, -0.15) is 5.10 Å². The lowest BCUT2D eigenvalue weighted by Gasteiger charge is -2.09. The molecule has 0 spiro atoms. The number of methoxy groups -OCH3 is 2. The SMILES string of the molecule is C#CCOc1c(Cl)cc(/C=N/NC(=O)c2ccc(OC)c(OC)c2)cc1Cl. The number of carbonyl (C=O) groups excluding carboxylic acids is 1. The fourth-order valence-electron chi connectivity index (χ4n) is 2.11.